The summed E-state index contributed by atoms with van der Waals surface area (Å²) in [6, 6.07) is 11.3. The molecule has 6 heteroatoms. The Kier molecular flexibility index (Phi) is 4.19. The predicted molar refractivity (Wildman–Crippen MR) is 105 cm³/mol. The third kappa shape index (κ3) is 2.71. The number of fused-ring (bicyclic) bond motifs is 2. The molecule has 6 nitrogen and oxygen atoms in total. The fourth-order valence-electron chi connectivity index (χ4n) is 4.53. The van der Waals surface area contributed by atoms with Crippen LogP contribution in [0, 0.1) is 0 Å². The van der Waals surface area contributed by atoms with Gasteiger partial charge in [-0.2, -0.15) is 0 Å². The number of hydrogen-bond acceptors (Lipinski definition) is 4. The van der Waals surface area contributed by atoms with Crippen LogP contribution in [0.4, 0.5) is 0 Å². The van der Waals surface area contributed by atoms with Crippen molar-refractivity contribution in [1.82, 2.24) is 19.4 Å². The zero-order valence-electron chi connectivity index (χ0n) is 15.7. The van der Waals surface area contributed by atoms with Gasteiger partial charge in [-0.3, -0.25) is 14.5 Å². The van der Waals surface area contributed by atoms with Crippen molar-refractivity contribution in [3.8, 4) is 0 Å². The molecule has 0 spiro atoms. The summed E-state index contributed by atoms with van der Waals surface area (Å²) in [5.41, 5.74) is 2.78. The van der Waals surface area contributed by atoms with Gasteiger partial charge >= 0.3 is 0 Å². The van der Waals surface area contributed by atoms with Gasteiger partial charge in [-0.1, -0.05) is 31.4 Å². The molecule has 0 atom stereocenters. The number of nitrogens with zero attached hydrogens (tertiary/aromatic N) is 4. The quantitative estimate of drug-likeness (QED) is 0.652. The van der Waals surface area contributed by atoms with Crippen LogP contribution >= 0.6 is 0 Å². The molecule has 1 aliphatic carbocycles. The van der Waals surface area contributed by atoms with Crippen molar-refractivity contribution in [2.24, 2.45) is 0 Å². The molecule has 3 aromatic rings. The molecule has 1 aromatic carbocycles. The number of imide groups is 1. The van der Waals surface area contributed by atoms with E-state index in [4.69, 9.17) is 4.98 Å². The Morgan fingerprint density at radius 3 is 2.36 bits per heavy atom. The molecule has 0 unspecified atom stereocenters. The van der Waals surface area contributed by atoms with Gasteiger partial charge in [0.2, 0.25) is 0 Å². The van der Waals surface area contributed by atoms with Crippen molar-refractivity contribution in [2.45, 2.75) is 44.6 Å². The normalized spacial score (nSPS) is 17.5. The van der Waals surface area contributed by atoms with Gasteiger partial charge in [0.15, 0.2) is 5.65 Å². The zero-order chi connectivity index (χ0) is 19.1. The van der Waals surface area contributed by atoms with Gasteiger partial charge in [-0.15, -0.1) is 0 Å². The highest BCUT2D eigenvalue weighted by atomic mass is 16.2. The number of imidazole rings is 1. The van der Waals surface area contributed by atoms with Crippen LogP contribution in [0.15, 0.2) is 42.6 Å². The van der Waals surface area contributed by atoms with Crippen molar-refractivity contribution < 1.29 is 9.59 Å². The van der Waals surface area contributed by atoms with Gasteiger partial charge in [-0.25, -0.2) is 9.97 Å². The van der Waals surface area contributed by atoms with E-state index < -0.39 is 0 Å². The summed E-state index contributed by atoms with van der Waals surface area (Å²) in [7, 11) is 0. The van der Waals surface area contributed by atoms with Crippen LogP contribution < -0.4 is 0 Å². The first kappa shape index (κ1) is 17.1. The first-order valence-electron chi connectivity index (χ1n) is 10.0. The molecular weight excluding hydrogens is 352 g/mol. The first-order valence-corrected chi connectivity index (χ1v) is 10.0. The number of pyridine rings is 1. The van der Waals surface area contributed by atoms with E-state index in [2.05, 4.69) is 9.55 Å². The molecule has 0 radical (unpaired) electrons. The molecule has 2 aromatic heterocycles. The van der Waals surface area contributed by atoms with Crippen molar-refractivity contribution in [3.05, 3.63) is 59.5 Å². The molecule has 1 saturated carbocycles. The van der Waals surface area contributed by atoms with E-state index in [0.717, 1.165) is 29.8 Å². The van der Waals surface area contributed by atoms with Crippen LogP contribution in [0.3, 0.4) is 0 Å². The van der Waals surface area contributed by atoms with Crippen molar-refractivity contribution >= 4 is 23.0 Å². The highest BCUT2D eigenvalue weighted by molar-refractivity contribution is 6.21. The van der Waals surface area contributed by atoms with Crippen LogP contribution in [0.25, 0.3) is 11.2 Å². The number of carbonyl (C=O) groups is 2. The summed E-state index contributed by atoms with van der Waals surface area (Å²) in [5.74, 6) is 0.496. The lowest BCUT2D eigenvalue weighted by atomic mass is 9.95. The smallest absolute Gasteiger partial charge is 0.261 e. The largest absolute Gasteiger partial charge is 0.310 e. The SMILES string of the molecule is O=C1c2ccccc2C(=O)N1CCc1nc2cccnc2n1C1CCCCC1. The number of benzene rings is 1. The average Bonchev–Trinajstić information content (AvgIpc) is 3.23. The van der Waals surface area contributed by atoms with Crippen LogP contribution in [-0.2, 0) is 6.42 Å². The molecule has 2 amide bonds. The van der Waals surface area contributed by atoms with Gasteiger partial charge in [-0.05, 0) is 37.1 Å². The zero-order valence-corrected chi connectivity index (χ0v) is 15.7. The van der Waals surface area contributed by atoms with E-state index in [1.165, 1.54) is 24.2 Å². The van der Waals surface area contributed by atoms with E-state index in [-0.39, 0.29) is 11.8 Å². The third-order valence-corrected chi connectivity index (χ3v) is 5.90. The summed E-state index contributed by atoms with van der Waals surface area (Å²) in [6.45, 7) is 0.336. The molecule has 28 heavy (non-hydrogen) atoms. The maximum absolute atomic E-state index is 12.7. The topological polar surface area (TPSA) is 68.1 Å². The monoisotopic (exact) mass is 374 g/mol. The van der Waals surface area contributed by atoms with Gasteiger partial charge in [0.25, 0.3) is 11.8 Å². The summed E-state index contributed by atoms with van der Waals surface area (Å²) in [4.78, 5) is 36.0. The predicted octanol–water partition coefficient (Wildman–Crippen LogP) is 3.78. The number of aromatic nitrogens is 3. The standard InChI is InChI=1S/C22H22N4O2/c27-21-16-9-4-5-10-17(16)22(28)25(21)14-12-19-24-18-11-6-13-23-20(18)26(19)15-7-2-1-3-8-15/h4-6,9-11,13,15H,1-3,7-8,12,14H2. The molecule has 1 aliphatic heterocycles. The molecular formula is C22H22N4O2. The first-order chi connectivity index (χ1) is 13.7. The Morgan fingerprint density at radius 1 is 0.929 bits per heavy atom. The van der Waals surface area contributed by atoms with E-state index in [0.29, 0.717) is 30.1 Å². The van der Waals surface area contributed by atoms with Gasteiger partial charge in [0.1, 0.15) is 11.3 Å². The fourth-order valence-corrected chi connectivity index (χ4v) is 4.53. The Balaban J connectivity index is 1.44. The Hall–Kier alpha value is -3.02. The summed E-state index contributed by atoms with van der Waals surface area (Å²) < 4.78 is 2.26. The summed E-state index contributed by atoms with van der Waals surface area (Å²) in [6.07, 6.45) is 8.31. The second-order valence-corrected chi connectivity index (χ2v) is 7.59. The van der Waals surface area contributed by atoms with E-state index in [1.807, 2.05) is 12.1 Å². The third-order valence-electron chi connectivity index (χ3n) is 5.90. The maximum Gasteiger partial charge on any atom is 0.261 e. The van der Waals surface area contributed by atoms with Crippen molar-refractivity contribution in [2.75, 3.05) is 6.54 Å². The van der Waals surface area contributed by atoms with Crippen molar-refractivity contribution in [3.63, 3.8) is 0 Å². The lowest BCUT2D eigenvalue weighted by Crippen LogP contribution is -2.32. The minimum absolute atomic E-state index is 0.209. The molecule has 5 rings (SSSR count). The number of amides is 2. The van der Waals surface area contributed by atoms with Crippen LogP contribution in [0.2, 0.25) is 0 Å². The highest BCUT2D eigenvalue weighted by Gasteiger charge is 2.35. The van der Waals surface area contributed by atoms with Crippen LogP contribution in [0.5, 0.6) is 0 Å². The fraction of sp³-hybridized carbons (Fsp3) is 0.364. The molecule has 0 bridgehead atoms. The lowest BCUT2D eigenvalue weighted by Gasteiger charge is -2.25. The van der Waals surface area contributed by atoms with Gasteiger partial charge < -0.3 is 4.57 Å². The van der Waals surface area contributed by atoms with Gasteiger partial charge in [0.05, 0.1) is 11.1 Å². The number of carbonyl (C=O) groups excluding carboxylic acids is 2. The van der Waals surface area contributed by atoms with E-state index >= 15 is 0 Å². The minimum atomic E-state index is -0.209. The van der Waals surface area contributed by atoms with E-state index in [9.17, 15) is 9.59 Å². The molecule has 0 saturated heterocycles. The Morgan fingerprint density at radius 2 is 1.64 bits per heavy atom. The second kappa shape index (κ2) is 6.86. The lowest BCUT2D eigenvalue weighted by molar-refractivity contribution is 0.0655. The minimum Gasteiger partial charge on any atom is -0.310 e. The molecule has 0 N–H and O–H groups in total. The molecule has 142 valence electrons. The van der Waals surface area contributed by atoms with Crippen LogP contribution in [-0.4, -0.2) is 37.8 Å². The molecule has 1 fully saturated rings. The van der Waals surface area contributed by atoms with Crippen LogP contribution in [0.1, 0.15) is 64.7 Å². The van der Waals surface area contributed by atoms with E-state index in [1.54, 1.807) is 30.5 Å². The summed E-state index contributed by atoms with van der Waals surface area (Å²) in [5, 5.41) is 0. The highest BCUT2D eigenvalue weighted by Crippen LogP contribution is 2.32. The van der Waals surface area contributed by atoms with Crippen molar-refractivity contribution in [1.29, 1.82) is 0 Å². The maximum atomic E-state index is 12.7. The molecule has 3 heterocycles. The Bertz CT molecular complexity index is 1030. The number of rotatable bonds is 4. The Labute approximate surface area is 163 Å². The van der Waals surface area contributed by atoms with Gasteiger partial charge in [0, 0.05) is 25.2 Å². The number of hydrogen-bond donors (Lipinski definition) is 0. The average molecular weight is 374 g/mol. The second-order valence-electron chi connectivity index (χ2n) is 7.59. The summed E-state index contributed by atoms with van der Waals surface area (Å²) >= 11 is 0. The molecule has 2 aliphatic rings.